The van der Waals surface area contributed by atoms with Crippen LogP contribution in [0.25, 0.3) is 5.57 Å². The smallest absolute Gasteiger partial charge is 0.338 e. The number of rotatable bonds is 7. The largest absolute Gasteiger partial charge is 0.467 e. The number of aliphatic imine (C=N–C) groups is 1. The Morgan fingerprint density at radius 2 is 1.84 bits per heavy atom. The highest BCUT2D eigenvalue weighted by molar-refractivity contribution is 6.67. The Bertz CT molecular complexity index is 1170. The minimum atomic E-state index is -1.25. The van der Waals surface area contributed by atoms with E-state index < -0.39 is 17.3 Å². The number of nitrogens with zero attached hydrogens (tertiary/aromatic N) is 1. The second kappa shape index (κ2) is 15.1. The number of nitrogens with two attached hydrogens (primary N) is 1. The van der Waals surface area contributed by atoms with E-state index in [0.29, 0.717) is 29.1 Å². The molecule has 0 saturated carbocycles. The molecular weight excluding hydrogens is 523 g/mol. The first-order valence-electron chi connectivity index (χ1n) is 11.2. The summed E-state index contributed by atoms with van der Waals surface area (Å²) in [5.41, 5.74) is 8.14. The van der Waals surface area contributed by atoms with Crippen LogP contribution in [0.3, 0.4) is 0 Å². The van der Waals surface area contributed by atoms with Gasteiger partial charge in [-0.05, 0) is 59.8 Å². The third-order valence-electron chi connectivity index (χ3n) is 4.93. The molecule has 37 heavy (non-hydrogen) atoms. The fourth-order valence-corrected chi connectivity index (χ4v) is 3.16. The molecule has 0 saturated heterocycles. The van der Waals surface area contributed by atoms with Crippen LogP contribution in [0.4, 0.5) is 0 Å². The third-order valence-corrected chi connectivity index (χ3v) is 5.45. The number of halogens is 2. The number of carbonyl (C=O) groups is 3. The number of esters is 1. The Balaban J connectivity index is 0.000000412. The van der Waals surface area contributed by atoms with Crippen molar-refractivity contribution in [3.05, 3.63) is 65.2 Å². The summed E-state index contributed by atoms with van der Waals surface area (Å²) in [6, 6.07) is 11.6. The van der Waals surface area contributed by atoms with E-state index in [1.165, 1.54) is 13.3 Å². The fraction of sp³-hybridized carbons (Fsp3) is 0.308. The number of aliphatic hydroxyl groups excluding tert-OH is 1. The van der Waals surface area contributed by atoms with Crippen LogP contribution in [0.1, 0.15) is 23.6 Å². The van der Waals surface area contributed by atoms with Gasteiger partial charge in [-0.25, -0.2) is 4.79 Å². The molecule has 2 aromatic rings. The average Bonchev–Trinajstić information content (AvgIpc) is 3.56. The molecular formula is C26H28Cl2N2O7. The van der Waals surface area contributed by atoms with Crippen molar-refractivity contribution >= 4 is 52.0 Å². The number of carbonyl (C=O) groups excluding carboxylic acids is 3. The maximum atomic E-state index is 13.0. The molecule has 2 atom stereocenters. The summed E-state index contributed by atoms with van der Waals surface area (Å²) in [7, 11) is 1.25. The fourth-order valence-electron chi connectivity index (χ4n) is 3.16. The predicted octanol–water partition coefficient (Wildman–Crippen LogP) is 2.90. The van der Waals surface area contributed by atoms with Gasteiger partial charge in [0.2, 0.25) is 18.1 Å². The first kappa shape index (κ1) is 30.0. The molecule has 0 bridgehead atoms. The molecule has 1 unspecified atom stereocenters. The standard InChI is InChI=1S/C21H17NO5.C3H9NO.C2H2Cl2O/c1-25-21(24)19(20(23)16-8-7-14-4-2-3-5-15(14)16)22-11-13-6-9-17-18(10-13)27-12-26-17;1-3(4)2-5;3-1-2(4)5/h2-6,8-11,19H,7,12H2,1H3;3,5H,2,4H2,1H3;1H2/t;3-;/m.1./s1. The van der Waals surface area contributed by atoms with Gasteiger partial charge < -0.3 is 25.1 Å². The molecule has 0 fully saturated rings. The Kier molecular flexibility index (Phi) is 12.2. The molecule has 1 aliphatic heterocycles. The number of methoxy groups -OCH3 is 1. The SMILES string of the molecule is COC(=O)C(N=Cc1ccc2c(c1)OCO2)C(=O)C1=CCc2ccccc21.C[C@@H](N)CO.O=C(Cl)CCl. The molecule has 0 spiro atoms. The summed E-state index contributed by atoms with van der Waals surface area (Å²) < 4.78 is 15.4. The molecule has 0 aromatic heterocycles. The number of allylic oxidation sites excluding steroid dienone is 1. The first-order chi connectivity index (χ1) is 17.7. The highest BCUT2D eigenvalue weighted by atomic mass is 35.5. The predicted molar refractivity (Wildman–Crippen MR) is 141 cm³/mol. The zero-order valence-corrected chi connectivity index (χ0v) is 21.9. The summed E-state index contributed by atoms with van der Waals surface area (Å²) in [4.78, 5) is 38.9. The van der Waals surface area contributed by atoms with Crippen LogP contribution in [0.2, 0.25) is 0 Å². The molecule has 1 aliphatic carbocycles. The number of benzene rings is 2. The van der Waals surface area contributed by atoms with Gasteiger partial charge in [-0.2, -0.15) is 0 Å². The maximum Gasteiger partial charge on any atom is 0.338 e. The van der Waals surface area contributed by atoms with Gasteiger partial charge in [0.15, 0.2) is 17.3 Å². The van der Waals surface area contributed by atoms with E-state index >= 15 is 0 Å². The van der Waals surface area contributed by atoms with Crippen LogP contribution < -0.4 is 15.2 Å². The van der Waals surface area contributed by atoms with Crippen molar-refractivity contribution in [3.8, 4) is 11.5 Å². The van der Waals surface area contributed by atoms with Crippen LogP contribution >= 0.6 is 23.2 Å². The quantitative estimate of drug-likeness (QED) is 0.176. The molecule has 4 rings (SSSR count). The van der Waals surface area contributed by atoms with Gasteiger partial charge in [0.25, 0.3) is 0 Å². The van der Waals surface area contributed by atoms with E-state index in [1.807, 2.05) is 30.3 Å². The van der Waals surface area contributed by atoms with Crippen LogP contribution in [0, 0.1) is 0 Å². The summed E-state index contributed by atoms with van der Waals surface area (Å²) in [6.45, 7) is 2.01. The van der Waals surface area contributed by atoms with Crippen molar-refractivity contribution in [1.29, 1.82) is 0 Å². The number of fused-ring (bicyclic) bond motifs is 2. The number of ketones is 1. The Hall–Kier alpha value is -3.24. The summed E-state index contributed by atoms with van der Waals surface area (Å²) in [5.74, 6) is 0.0977. The van der Waals surface area contributed by atoms with Gasteiger partial charge in [-0.3, -0.25) is 14.6 Å². The van der Waals surface area contributed by atoms with E-state index in [4.69, 9.17) is 48.3 Å². The van der Waals surface area contributed by atoms with Gasteiger partial charge in [-0.15, -0.1) is 11.6 Å². The molecule has 1 heterocycles. The van der Waals surface area contributed by atoms with Gasteiger partial charge >= 0.3 is 5.97 Å². The number of hydrogen-bond acceptors (Lipinski definition) is 9. The zero-order chi connectivity index (χ0) is 27.4. The Morgan fingerprint density at radius 1 is 1.19 bits per heavy atom. The molecule has 3 N–H and O–H groups in total. The summed E-state index contributed by atoms with van der Waals surface area (Å²) in [6.07, 6.45) is 3.97. The number of ether oxygens (including phenoxy) is 3. The molecule has 2 aromatic carbocycles. The van der Waals surface area contributed by atoms with Gasteiger partial charge in [0.05, 0.1) is 19.6 Å². The molecule has 0 radical (unpaired) electrons. The number of alkyl halides is 1. The van der Waals surface area contributed by atoms with Crippen molar-refractivity contribution in [2.75, 3.05) is 26.4 Å². The van der Waals surface area contributed by atoms with Gasteiger partial charge in [0, 0.05) is 17.8 Å². The lowest BCUT2D eigenvalue weighted by atomic mass is 9.98. The van der Waals surface area contributed by atoms with Gasteiger partial charge in [-0.1, -0.05) is 30.3 Å². The Labute approximate surface area is 224 Å². The van der Waals surface area contributed by atoms with Crippen molar-refractivity contribution in [2.45, 2.75) is 25.4 Å². The van der Waals surface area contributed by atoms with Crippen molar-refractivity contribution in [1.82, 2.24) is 0 Å². The molecule has 9 nitrogen and oxygen atoms in total. The average molecular weight is 551 g/mol. The number of hydrogen-bond donors (Lipinski definition) is 2. The topological polar surface area (TPSA) is 138 Å². The van der Waals surface area contributed by atoms with E-state index in [0.717, 1.165) is 11.1 Å². The lowest BCUT2D eigenvalue weighted by Crippen LogP contribution is -2.30. The number of aliphatic hydroxyl groups is 1. The maximum absolute atomic E-state index is 13.0. The second-order valence-electron chi connectivity index (χ2n) is 7.81. The lowest BCUT2D eigenvalue weighted by Gasteiger charge is -2.11. The van der Waals surface area contributed by atoms with E-state index in [1.54, 1.807) is 25.1 Å². The third kappa shape index (κ3) is 8.98. The lowest BCUT2D eigenvalue weighted by molar-refractivity contribution is -0.144. The highest BCUT2D eigenvalue weighted by Gasteiger charge is 2.32. The Morgan fingerprint density at radius 3 is 2.46 bits per heavy atom. The van der Waals surface area contributed by atoms with Crippen molar-refractivity contribution in [3.63, 3.8) is 0 Å². The zero-order valence-electron chi connectivity index (χ0n) is 20.4. The molecule has 198 valence electrons. The van der Waals surface area contributed by atoms with Crippen molar-refractivity contribution in [2.24, 2.45) is 10.7 Å². The van der Waals surface area contributed by atoms with Crippen LogP contribution in [0.5, 0.6) is 11.5 Å². The normalized spacial score (nSPS) is 14.3. The highest BCUT2D eigenvalue weighted by Crippen LogP contribution is 2.32. The van der Waals surface area contributed by atoms with Crippen LogP contribution in [-0.4, -0.2) is 66.8 Å². The van der Waals surface area contributed by atoms with E-state index in [9.17, 15) is 14.4 Å². The molecule has 0 amide bonds. The van der Waals surface area contributed by atoms with E-state index in [-0.39, 0.29) is 31.1 Å². The van der Waals surface area contributed by atoms with Crippen molar-refractivity contribution < 1.29 is 33.7 Å². The van der Waals surface area contributed by atoms with E-state index in [2.05, 4.69) is 4.99 Å². The van der Waals surface area contributed by atoms with Gasteiger partial charge in [0.1, 0.15) is 0 Å². The monoisotopic (exact) mass is 550 g/mol. The minimum absolute atomic E-state index is 0.0602. The second-order valence-corrected chi connectivity index (χ2v) is 8.50. The summed E-state index contributed by atoms with van der Waals surface area (Å²) >= 11 is 9.55. The van der Waals surface area contributed by atoms with Crippen LogP contribution in [0.15, 0.2) is 53.5 Å². The molecule has 11 heteroatoms. The summed E-state index contributed by atoms with van der Waals surface area (Å²) in [5, 5.41) is 7.51. The molecule has 2 aliphatic rings. The minimum Gasteiger partial charge on any atom is -0.467 e. The number of Topliss-reactive ketones (excluding diaryl/α,β-unsaturated/α-hetero) is 1. The first-order valence-corrected chi connectivity index (χ1v) is 12.1. The van der Waals surface area contributed by atoms with Crippen LogP contribution in [-0.2, 0) is 25.5 Å².